The van der Waals surface area contributed by atoms with E-state index in [9.17, 15) is 8.78 Å². The van der Waals surface area contributed by atoms with Crippen LogP contribution in [0.1, 0.15) is 49.1 Å². The zero-order valence-corrected chi connectivity index (χ0v) is 11.6. The minimum absolute atomic E-state index is 0.104. The van der Waals surface area contributed by atoms with E-state index in [-0.39, 0.29) is 10.7 Å². The van der Waals surface area contributed by atoms with Gasteiger partial charge in [0.05, 0.1) is 0 Å². The molecule has 2 atom stereocenters. The van der Waals surface area contributed by atoms with Gasteiger partial charge in [0.2, 0.25) is 0 Å². The predicted molar refractivity (Wildman–Crippen MR) is 69.6 cm³/mol. The summed E-state index contributed by atoms with van der Waals surface area (Å²) in [5.74, 6) is -1.24. The molecule has 0 heterocycles. The smallest absolute Gasteiger partial charge is 0.162 e. The van der Waals surface area contributed by atoms with Crippen LogP contribution in [0.3, 0.4) is 0 Å². The maximum atomic E-state index is 14.0. The molecule has 0 N–H and O–H groups in total. The van der Waals surface area contributed by atoms with Gasteiger partial charge in [-0.15, -0.1) is 0 Å². The zero-order valence-electron chi connectivity index (χ0n) is 9.98. The van der Waals surface area contributed by atoms with E-state index in [4.69, 9.17) is 0 Å². The Bertz CT molecular complexity index is 403. The summed E-state index contributed by atoms with van der Waals surface area (Å²) < 4.78 is 27.5. The average Bonchev–Trinajstić information content (AvgIpc) is 2.52. The molecule has 0 spiro atoms. The highest BCUT2D eigenvalue weighted by molar-refractivity contribution is 9.09. The lowest BCUT2D eigenvalue weighted by Crippen LogP contribution is -2.13. The number of aryl methyl sites for hydroxylation is 1. The van der Waals surface area contributed by atoms with Gasteiger partial charge in [0.1, 0.15) is 0 Å². The molecule has 17 heavy (non-hydrogen) atoms. The lowest BCUT2D eigenvalue weighted by atomic mass is 9.90. The molecule has 1 fully saturated rings. The first-order chi connectivity index (χ1) is 8.11. The predicted octanol–water partition coefficient (Wildman–Crippen LogP) is 5.08. The van der Waals surface area contributed by atoms with E-state index < -0.39 is 11.6 Å². The topological polar surface area (TPSA) is 0 Å². The van der Waals surface area contributed by atoms with Gasteiger partial charge < -0.3 is 0 Å². The summed E-state index contributed by atoms with van der Waals surface area (Å²) in [6, 6.07) is 3.43. The molecule has 94 valence electrons. The molecule has 0 aliphatic heterocycles. The van der Waals surface area contributed by atoms with Crippen molar-refractivity contribution in [1.82, 2.24) is 0 Å². The summed E-state index contributed by atoms with van der Waals surface area (Å²) in [6.07, 6.45) is 5.44. The van der Waals surface area contributed by atoms with Crippen LogP contribution >= 0.6 is 15.9 Å². The van der Waals surface area contributed by atoms with E-state index in [1.165, 1.54) is 12.8 Å². The molecule has 2 rings (SSSR count). The van der Waals surface area contributed by atoms with Crippen LogP contribution < -0.4 is 0 Å². The number of benzene rings is 1. The molecular formula is C14H17BrF2. The van der Waals surface area contributed by atoms with Crippen molar-refractivity contribution in [2.75, 3.05) is 0 Å². The van der Waals surface area contributed by atoms with Crippen LogP contribution in [0.2, 0.25) is 0 Å². The van der Waals surface area contributed by atoms with Gasteiger partial charge >= 0.3 is 0 Å². The molecule has 1 aliphatic rings. The van der Waals surface area contributed by atoms with Gasteiger partial charge in [0.25, 0.3) is 0 Å². The van der Waals surface area contributed by atoms with Gasteiger partial charge in [0.15, 0.2) is 11.6 Å². The Morgan fingerprint density at radius 1 is 1.06 bits per heavy atom. The molecule has 0 amide bonds. The van der Waals surface area contributed by atoms with Crippen molar-refractivity contribution in [2.45, 2.75) is 49.8 Å². The number of hydrogen-bond acceptors (Lipinski definition) is 0. The minimum atomic E-state index is -0.688. The highest BCUT2D eigenvalue weighted by Crippen LogP contribution is 2.38. The molecule has 0 radical (unpaired) electrons. The molecule has 0 aromatic heterocycles. The summed E-state index contributed by atoms with van der Waals surface area (Å²) in [5.41, 5.74) is 0.919. The summed E-state index contributed by atoms with van der Waals surface area (Å²) in [6.45, 7) is 1.60. The van der Waals surface area contributed by atoms with Crippen molar-refractivity contribution in [2.24, 2.45) is 0 Å². The molecular weight excluding hydrogens is 286 g/mol. The number of alkyl halides is 1. The number of rotatable bonds is 1. The zero-order chi connectivity index (χ0) is 12.4. The van der Waals surface area contributed by atoms with E-state index >= 15 is 0 Å². The quantitative estimate of drug-likeness (QED) is 0.501. The van der Waals surface area contributed by atoms with Gasteiger partial charge in [-0.3, -0.25) is 0 Å². The fraction of sp³-hybridized carbons (Fsp3) is 0.571. The first-order valence-corrected chi connectivity index (χ1v) is 7.11. The van der Waals surface area contributed by atoms with E-state index in [1.807, 2.05) is 0 Å². The maximum Gasteiger partial charge on any atom is 0.162 e. The first kappa shape index (κ1) is 13.0. The van der Waals surface area contributed by atoms with Crippen LogP contribution in [0, 0.1) is 18.6 Å². The fourth-order valence-corrected chi connectivity index (χ4v) is 3.43. The van der Waals surface area contributed by atoms with Crippen LogP contribution in [0.15, 0.2) is 12.1 Å². The van der Waals surface area contributed by atoms with Crippen molar-refractivity contribution in [1.29, 1.82) is 0 Å². The summed E-state index contributed by atoms with van der Waals surface area (Å²) >= 11 is 3.63. The molecule has 2 unspecified atom stereocenters. The third-order valence-corrected chi connectivity index (χ3v) is 4.73. The van der Waals surface area contributed by atoms with Crippen LogP contribution in [-0.4, -0.2) is 4.83 Å². The first-order valence-electron chi connectivity index (χ1n) is 6.20. The standard InChI is InChI=1S/C14H17BrF2/c1-9-7-8-11(14(17)13(9)16)10-5-3-2-4-6-12(10)15/h7-8,10,12H,2-6H2,1H3. The Hall–Kier alpha value is -0.440. The van der Waals surface area contributed by atoms with Gasteiger partial charge in [-0.05, 0) is 36.8 Å². The van der Waals surface area contributed by atoms with Crippen LogP contribution in [0.5, 0.6) is 0 Å². The molecule has 1 aliphatic carbocycles. The van der Waals surface area contributed by atoms with Crippen molar-refractivity contribution in [3.63, 3.8) is 0 Å². The van der Waals surface area contributed by atoms with Crippen molar-refractivity contribution >= 4 is 15.9 Å². The Kier molecular flexibility index (Phi) is 4.18. The highest BCUT2D eigenvalue weighted by Gasteiger charge is 2.26. The summed E-state index contributed by atoms with van der Waals surface area (Å²) in [7, 11) is 0. The van der Waals surface area contributed by atoms with Gasteiger partial charge in [0, 0.05) is 4.83 Å². The Morgan fingerprint density at radius 2 is 1.76 bits per heavy atom. The van der Waals surface area contributed by atoms with E-state index in [2.05, 4.69) is 15.9 Å². The van der Waals surface area contributed by atoms with E-state index in [0.29, 0.717) is 11.1 Å². The van der Waals surface area contributed by atoms with Crippen molar-refractivity contribution in [3.8, 4) is 0 Å². The summed E-state index contributed by atoms with van der Waals surface area (Å²) in [4.78, 5) is 0.265. The third kappa shape index (κ3) is 2.70. The molecule has 0 nitrogen and oxygen atoms in total. The largest absolute Gasteiger partial charge is 0.203 e. The molecule has 1 saturated carbocycles. The normalized spacial score (nSPS) is 25.6. The highest BCUT2D eigenvalue weighted by atomic mass is 79.9. The van der Waals surface area contributed by atoms with E-state index in [1.54, 1.807) is 19.1 Å². The fourth-order valence-electron chi connectivity index (χ4n) is 2.56. The Balaban J connectivity index is 2.35. The number of hydrogen-bond donors (Lipinski definition) is 0. The van der Waals surface area contributed by atoms with E-state index in [0.717, 1.165) is 19.3 Å². The van der Waals surface area contributed by atoms with Gasteiger partial charge in [-0.2, -0.15) is 0 Å². The lowest BCUT2D eigenvalue weighted by molar-refractivity contribution is 0.474. The van der Waals surface area contributed by atoms with Crippen molar-refractivity contribution in [3.05, 3.63) is 34.9 Å². The van der Waals surface area contributed by atoms with Crippen LogP contribution in [0.25, 0.3) is 0 Å². The van der Waals surface area contributed by atoms with Crippen LogP contribution in [0.4, 0.5) is 8.78 Å². The molecule has 0 saturated heterocycles. The monoisotopic (exact) mass is 302 g/mol. The van der Waals surface area contributed by atoms with Crippen molar-refractivity contribution < 1.29 is 8.78 Å². The lowest BCUT2D eigenvalue weighted by Gasteiger charge is -2.21. The molecule has 1 aromatic rings. The molecule has 1 aromatic carbocycles. The second-order valence-electron chi connectivity index (χ2n) is 4.86. The van der Waals surface area contributed by atoms with Gasteiger partial charge in [-0.1, -0.05) is 47.3 Å². The SMILES string of the molecule is Cc1ccc(C2CCCCCC2Br)c(F)c1F. The third-order valence-electron chi connectivity index (χ3n) is 3.64. The maximum absolute atomic E-state index is 14.0. The molecule has 3 heteroatoms. The van der Waals surface area contributed by atoms with Crippen LogP contribution in [-0.2, 0) is 0 Å². The minimum Gasteiger partial charge on any atom is -0.203 e. The number of halogens is 3. The Morgan fingerprint density at radius 3 is 2.53 bits per heavy atom. The van der Waals surface area contributed by atoms with Gasteiger partial charge in [-0.25, -0.2) is 8.78 Å². The molecule has 0 bridgehead atoms. The summed E-state index contributed by atoms with van der Waals surface area (Å²) in [5, 5.41) is 0. The average molecular weight is 303 g/mol. The Labute approximate surface area is 110 Å². The second-order valence-corrected chi connectivity index (χ2v) is 6.04. The second kappa shape index (κ2) is 5.47.